The second-order valence-electron chi connectivity index (χ2n) is 6.68. The van der Waals surface area contributed by atoms with Crippen molar-refractivity contribution in [1.29, 1.82) is 0 Å². The van der Waals surface area contributed by atoms with Crippen LogP contribution in [0.25, 0.3) is 0 Å². The summed E-state index contributed by atoms with van der Waals surface area (Å²) in [5.41, 5.74) is 2.66. The number of rotatable bonds is 9. The van der Waals surface area contributed by atoms with Gasteiger partial charge in [-0.2, -0.15) is 0 Å². The van der Waals surface area contributed by atoms with E-state index >= 15 is 0 Å². The van der Waals surface area contributed by atoms with E-state index in [-0.39, 0.29) is 5.97 Å². The van der Waals surface area contributed by atoms with Crippen molar-refractivity contribution in [2.45, 2.75) is 53.4 Å². The maximum atomic E-state index is 12.6. The summed E-state index contributed by atoms with van der Waals surface area (Å²) in [6.45, 7) is 8.43. The van der Waals surface area contributed by atoms with Gasteiger partial charge in [0.05, 0.1) is 6.61 Å². The van der Waals surface area contributed by atoms with Gasteiger partial charge in [-0.25, -0.2) is 0 Å². The Morgan fingerprint density at radius 2 is 1.88 bits per heavy atom. The molecular formula is C23H30O2. The van der Waals surface area contributed by atoms with Crippen LogP contribution < -0.4 is 0 Å². The fourth-order valence-electron chi connectivity index (χ4n) is 2.65. The number of terminal acetylenes is 1. The van der Waals surface area contributed by atoms with Crippen molar-refractivity contribution < 1.29 is 9.53 Å². The van der Waals surface area contributed by atoms with E-state index in [1.807, 2.05) is 37.3 Å². The second-order valence-corrected chi connectivity index (χ2v) is 6.68. The lowest BCUT2D eigenvalue weighted by Crippen LogP contribution is -2.33. The first-order valence-electron chi connectivity index (χ1n) is 8.91. The molecule has 25 heavy (non-hydrogen) atoms. The quantitative estimate of drug-likeness (QED) is 0.338. The van der Waals surface area contributed by atoms with Gasteiger partial charge in [0, 0.05) is 0 Å². The van der Waals surface area contributed by atoms with Crippen molar-refractivity contribution in [3.05, 3.63) is 59.2 Å². The molecule has 0 spiro atoms. The minimum atomic E-state index is -0.949. The molecule has 1 unspecified atom stereocenters. The number of hydrogen-bond donors (Lipinski definition) is 0. The third kappa shape index (κ3) is 7.01. The third-order valence-corrected chi connectivity index (χ3v) is 4.18. The van der Waals surface area contributed by atoms with E-state index in [4.69, 9.17) is 11.2 Å². The first-order chi connectivity index (χ1) is 11.9. The Balaban J connectivity index is 2.96. The molecule has 0 aliphatic rings. The smallest absolute Gasteiger partial charge is 0.324 e. The standard InChI is InChI=1S/C23H30O2/c1-6-23(22(24)25-7-2,18-21-14-9-8-10-15-21)17-16-20(5)13-11-12-19(3)4/h1,8-10,12,14-16H,7,11,13,17-18H2,2-5H3/b20-16+. The van der Waals surface area contributed by atoms with Crippen LogP contribution in [0.3, 0.4) is 0 Å². The molecule has 0 aliphatic heterocycles. The van der Waals surface area contributed by atoms with Gasteiger partial charge >= 0.3 is 5.97 Å². The molecule has 0 saturated carbocycles. The first-order valence-corrected chi connectivity index (χ1v) is 8.91. The Bertz CT molecular complexity index is 642. The molecule has 0 amide bonds. The molecule has 0 heterocycles. The Hall–Kier alpha value is -2.27. The van der Waals surface area contributed by atoms with Crippen LogP contribution in [0, 0.1) is 17.8 Å². The zero-order chi connectivity index (χ0) is 18.7. The molecule has 0 N–H and O–H groups in total. The monoisotopic (exact) mass is 338 g/mol. The predicted octanol–water partition coefficient (Wildman–Crippen LogP) is 5.49. The molecule has 0 radical (unpaired) electrons. The number of carbonyl (C=O) groups is 1. The Kier molecular flexibility index (Phi) is 8.78. The molecule has 0 bridgehead atoms. The number of hydrogen-bond acceptors (Lipinski definition) is 2. The average Bonchev–Trinajstić information content (AvgIpc) is 2.59. The first kappa shape index (κ1) is 20.8. The van der Waals surface area contributed by atoms with Crippen LogP contribution in [0.5, 0.6) is 0 Å². The lowest BCUT2D eigenvalue weighted by molar-refractivity contribution is -0.151. The van der Waals surface area contributed by atoms with Crippen LogP contribution in [0.1, 0.15) is 52.5 Å². The van der Waals surface area contributed by atoms with E-state index in [9.17, 15) is 4.79 Å². The molecule has 1 atom stereocenters. The summed E-state index contributed by atoms with van der Waals surface area (Å²) in [6.07, 6.45) is 13.1. The summed E-state index contributed by atoms with van der Waals surface area (Å²) in [6, 6.07) is 9.87. The molecular weight excluding hydrogens is 308 g/mol. The second kappa shape index (κ2) is 10.6. The van der Waals surface area contributed by atoms with Crippen LogP contribution in [0.15, 0.2) is 53.6 Å². The molecule has 0 saturated heterocycles. The van der Waals surface area contributed by atoms with Gasteiger partial charge in [-0.15, -0.1) is 6.42 Å². The van der Waals surface area contributed by atoms with Gasteiger partial charge in [0.25, 0.3) is 0 Å². The van der Waals surface area contributed by atoms with Crippen LogP contribution in [0.4, 0.5) is 0 Å². The largest absolute Gasteiger partial charge is 0.465 e. The Morgan fingerprint density at radius 1 is 1.20 bits per heavy atom. The zero-order valence-electron chi connectivity index (χ0n) is 16.0. The van der Waals surface area contributed by atoms with E-state index in [0.717, 1.165) is 18.4 Å². The van der Waals surface area contributed by atoms with Crippen LogP contribution in [0.2, 0.25) is 0 Å². The van der Waals surface area contributed by atoms with Crippen LogP contribution >= 0.6 is 0 Å². The minimum Gasteiger partial charge on any atom is -0.465 e. The van der Waals surface area contributed by atoms with Gasteiger partial charge in [0.2, 0.25) is 0 Å². The number of benzene rings is 1. The number of esters is 1. The molecule has 134 valence electrons. The van der Waals surface area contributed by atoms with Crippen molar-refractivity contribution in [2.75, 3.05) is 6.61 Å². The summed E-state index contributed by atoms with van der Waals surface area (Å²) in [7, 11) is 0. The molecule has 2 nitrogen and oxygen atoms in total. The van der Waals surface area contributed by atoms with Gasteiger partial charge in [-0.3, -0.25) is 4.79 Å². The fourth-order valence-corrected chi connectivity index (χ4v) is 2.65. The Labute approximate surface area is 153 Å². The summed E-state index contributed by atoms with van der Waals surface area (Å²) in [4.78, 5) is 12.6. The van der Waals surface area contributed by atoms with Crippen molar-refractivity contribution in [3.8, 4) is 12.3 Å². The highest BCUT2D eigenvalue weighted by Crippen LogP contribution is 2.30. The van der Waals surface area contributed by atoms with Gasteiger partial charge in [0.1, 0.15) is 5.41 Å². The molecule has 2 heteroatoms. The molecule has 1 aromatic rings. The van der Waals surface area contributed by atoms with Crippen molar-refractivity contribution in [2.24, 2.45) is 5.41 Å². The summed E-state index contributed by atoms with van der Waals surface area (Å²) >= 11 is 0. The van der Waals surface area contributed by atoms with Crippen molar-refractivity contribution in [1.82, 2.24) is 0 Å². The summed E-state index contributed by atoms with van der Waals surface area (Å²) in [5.74, 6) is 2.44. The maximum Gasteiger partial charge on any atom is 0.324 e. The van der Waals surface area contributed by atoms with Gasteiger partial charge in [-0.05, 0) is 58.9 Å². The van der Waals surface area contributed by atoms with Crippen LogP contribution in [-0.4, -0.2) is 12.6 Å². The molecule has 0 fully saturated rings. The topological polar surface area (TPSA) is 26.3 Å². The zero-order valence-corrected chi connectivity index (χ0v) is 16.0. The number of ether oxygens (including phenoxy) is 1. The normalized spacial score (nSPS) is 13.5. The van der Waals surface area contributed by atoms with E-state index in [2.05, 4.69) is 38.8 Å². The lowest BCUT2D eigenvalue weighted by atomic mass is 9.78. The number of carbonyl (C=O) groups excluding carboxylic acids is 1. The number of allylic oxidation sites excluding steroid dienone is 4. The average molecular weight is 338 g/mol. The third-order valence-electron chi connectivity index (χ3n) is 4.18. The van der Waals surface area contributed by atoms with Crippen molar-refractivity contribution in [3.63, 3.8) is 0 Å². The highest BCUT2D eigenvalue weighted by atomic mass is 16.5. The van der Waals surface area contributed by atoms with E-state index < -0.39 is 5.41 Å². The van der Waals surface area contributed by atoms with Gasteiger partial charge in [0.15, 0.2) is 0 Å². The molecule has 0 aromatic heterocycles. The summed E-state index contributed by atoms with van der Waals surface area (Å²) < 4.78 is 5.30. The highest BCUT2D eigenvalue weighted by molar-refractivity contribution is 5.81. The van der Waals surface area contributed by atoms with E-state index in [0.29, 0.717) is 19.4 Å². The minimum absolute atomic E-state index is 0.310. The fraction of sp³-hybridized carbons (Fsp3) is 0.435. The lowest BCUT2D eigenvalue weighted by Gasteiger charge is -2.25. The van der Waals surface area contributed by atoms with Gasteiger partial charge < -0.3 is 4.74 Å². The molecule has 1 aromatic carbocycles. The summed E-state index contributed by atoms with van der Waals surface area (Å²) in [5, 5.41) is 0. The van der Waals surface area contributed by atoms with Gasteiger partial charge in [-0.1, -0.05) is 59.6 Å². The van der Waals surface area contributed by atoms with Crippen molar-refractivity contribution >= 4 is 5.97 Å². The predicted molar refractivity (Wildman–Crippen MR) is 105 cm³/mol. The van der Waals surface area contributed by atoms with E-state index in [1.54, 1.807) is 0 Å². The molecule has 0 aliphatic carbocycles. The molecule has 1 rings (SSSR count). The maximum absolute atomic E-state index is 12.6. The highest BCUT2D eigenvalue weighted by Gasteiger charge is 2.37. The van der Waals surface area contributed by atoms with E-state index in [1.165, 1.54) is 11.1 Å². The Morgan fingerprint density at radius 3 is 2.44 bits per heavy atom. The SMILES string of the molecule is C#CC(C/C=C(\C)CCC=C(C)C)(Cc1ccccc1)C(=O)OCC. The van der Waals surface area contributed by atoms with Crippen LogP contribution in [-0.2, 0) is 16.0 Å².